The molecule has 0 spiro atoms. The first-order valence-electron chi connectivity index (χ1n) is 8.59. The number of hydrogen-bond donors (Lipinski definition) is 3. The van der Waals surface area contributed by atoms with E-state index in [-0.39, 0.29) is 11.9 Å². The molecule has 0 unspecified atom stereocenters. The minimum Gasteiger partial charge on any atom is -0.352 e. The molecule has 140 valence electrons. The Morgan fingerprint density at radius 2 is 2.04 bits per heavy atom. The summed E-state index contributed by atoms with van der Waals surface area (Å²) in [6, 6.07) is 6.07. The van der Waals surface area contributed by atoms with Gasteiger partial charge in [-0.3, -0.25) is 9.48 Å². The third-order valence-electron chi connectivity index (χ3n) is 3.94. The molecule has 0 fully saturated rings. The van der Waals surface area contributed by atoms with E-state index in [9.17, 15) is 9.59 Å². The number of benzene rings is 1. The Morgan fingerprint density at radius 1 is 1.27 bits per heavy atom. The van der Waals surface area contributed by atoms with Gasteiger partial charge in [0.15, 0.2) is 0 Å². The molecule has 0 aliphatic heterocycles. The molecule has 0 bridgehead atoms. The summed E-state index contributed by atoms with van der Waals surface area (Å²) in [4.78, 5) is 24.5. The second-order valence-corrected chi connectivity index (χ2v) is 6.30. The van der Waals surface area contributed by atoms with Crippen LogP contribution in [0.25, 0.3) is 0 Å². The van der Waals surface area contributed by atoms with E-state index in [1.807, 2.05) is 27.0 Å². The number of anilines is 1. The molecule has 3 amide bonds. The quantitative estimate of drug-likeness (QED) is 0.690. The monoisotopic (exact) mass is 377 g/mol. The average Bonchev–Trinajstić information content (AvgIpc) is 3.05. The first-order chi connectivity index (χ1) is 12.5. The van der Waals surface area contributed by atoms with Crippen LogP contribution >= 0.6 is 11.6 Å². The van der Waals surface area contributed by atoms with Crippen molar-refractivity contribution in [1.29, 1.82) is 0 Å². The van der Waals surface area contributed by atoms with E-state index in [1.165, 1.54) is 0 Å². The number of carbonyl (C=O) groups excluding carboxylic acids is 2. The molecule has 1 heterocycles. The third kappa shape index (κ3) is 4.98. The molecule has 2 aromatic rings. The predicted molar refractivity (Wildman–Crippen MR) is 102 cm³/mol. The molecule has 7 nitrogen and oxygen atoms in total. The van der Waals surface area contributed by atoms with Crippen LogP contribution in [0.5, 0.6) is 0 Å². The summed E-state index contributed by atoms with van der Waals surface area (Å²) in [6.45, 7) is 4.54. The van der Waals surface area contributed by atoms with Crippen molar-refractivity contribution in [1.82, 2.24) is 20.4 Å². The number of rotatable bonds is 7. The van der Waals surface area contributed by atoms with Gasteiger partial charge in [-0.15, -0.1) is 0 Å². The second kappa shape index (κ2) is 9.24. The van der Waals surface area contributed by atoms with E-state index in [1.54, 1.807) is 29.1 Å². The molecule has 0 saturated heterocycles. The van der Waals surface area contributed by atoms with Gasteiger partial charge in [0.1, 0.15) is 0 Å². The van der Waals surface area contributed by atoms with Crippen LogP contribution in [0.4, 0.5) is 10.5 Å². The summed E-state index contributed by atoms with van der Waals surface area (Å²) in [5.41, 5.74) is 1.73. The van der Waals surface area contributed by atoms with Gasteiger partial charge in [-0.2, -0.15) is 5.10 Å². The molecule has 0 aliphatic carbocycles. The first kappa shape index (κ1) is 19.8. The van der Waals surface area contributed by atoms with Crippen LogP contribution in [0.15, 0.2) is 30.5 Å². The predicted octanol–water partition coefficient (Wildman–Crippen LogP) is 3.49. The third-order valence-corrected chi connectivity index (χ3v) is 4.27. The van der Waals surface area contributed by atoms with Crippen LogP contribution in [-0.2, 0) is 7.05 Å². The minimum absolute atomic E-state index is 0.183. The molecular formula is C18H24ClN5O2. The van der Waals surface area contributed by atoms with Crippen molar-refractivity contribution >= 4 is 29.2 Å². The highest BCUT2D eigenvalue weighted by molar-refractivity contribution is 6.33. The lowest BCUT2D eigenvalue weighted by molar-refractivity contribution is 0.0953. The van der Waals surface area contributed by atoms with E-state index >= 15 is 0 Å². The highest BCUT2D eigenvalue weighted by Gasteiger charge is 2.17. The molecule has 26 heavy (non-hydrogen) atoms. The van der Waals surface area contributed by atoms with Gasteiger partial charge in [0.05, 0.1) is 22.4 Å². The van der Waals surface area contributed by atoms with E-state index in [2.05, 4.69) is 21.0 Å². The number of nitrogens with zero attached hydrogens (tertiary/aromatic N) is 2. The van der Waals surface area contributed by atoms with Gasteiger partial charge in [-0.25, -0.2) is 4.79 Å². The lowest BCUT2D eigenvalue weighted by Gasteiger charge is -2.18. The van der Waals surface area contributed by atoms with Gasteiger partial charge in [0.25, 0.3) is 5.91 Å². The zero-order valence-corrected chi connectivity index (χ0v) is 15.9. The van der Waals surface area contributed by atoms with Crippen LogP contribution in [0, 0.1) is 0 Å². The number of hydrogen-bond acceptors (Lipinski definition) is 3. The van der Waals surface area contributed by atoms with Gasteiger partial charge in [0.2, 0.25) is 0 Å². The van der Waals surface area contributed by atoms with Crippen molar-refractivity contribution in [3.05, 3.63) is 46.7 Å². The molecule has 8 heteroatoms. The van der Waals surface area contributed by atoms with Gasteiger partial charge < -0.3 is 16.0 Å². The molecule has 0 aliphatic rings. The standard InChI is InChI=1S/C18H24ClN5O2/c1-4-9-20-17(25)12-6-7-13(19)15(11-12)23-18(26)22-14(5-2)16-8-10-21-24(16)3/h6-8,10-11,14H,4-5,9H2,1-3H3,(H,20,25)(H2,22,23,26)/t14-/m0/s1. The summed E-state index contributed by atoms with van der Waals surface area (Å²) in [5, 5.41) is 12.9. The Balaban J connectivity index is 2.08. The van der Waals surface area contributed by atoms with Crippen LogP contribution < -0.4 is 16.0 Å². The summed E-state index contributed by atoms with van der Waals surface area (Å²) < 4.78 is 1.72. The lowest BCUT2D eigenvalue weighted by atomic mass is 10.1. The highest BCUT2D eigenvalue weighted by Crippen LogP contribution is 2.23. The molecule has 1 atom stereocenters. The van der Waals surface area contributed by atoms with Crippen LogP contribution in [-0.4, -0.2) is 28.3 Å². The molecule has 1 aromatic heterocycles. The van der Waals surface area contributed by atoms with E-state index in [4.69, 9.17) is 11.6 Å². The fraction of sp³-hybridized carbons (Fsp3) is 0.389. The summed E-state index contributed by atoms with van der Waals surface area (Å²) in [5.74, 6) is -0.201. The molecule has 3 N–H and O–H groups in total. The average molecular weight is 378 g/mol. The SMILES string of the molecule is CCCNC(=O)c1ccc(Cl)c(NC(=O)N[C@@H](CC)c2ccnn2C)c1. The number of carbonyl (C=O) groups is 2. The number of aryl methyl sites for hydroxylation is 1. The number of aromatic nitrogens is 2. The van der Waals surface area contributed by atoms with Crippen molar-refractivity contribution in [3.63, 3.8) is 0 Å². The van der Waals surface area contributed by atoms with E-state index in [0.29, 0.717) is 29.2 Å². The van der Waals surface area contributed by atoms with Crippen LogP contribution in [0.3, 0.4) is 0 Å². The fourth-order valence-corrected chi connectivity index (χ4v) is 2.70. The second-order valence-electron chi connectivity index (χ2n) is 5.89. The largest absolute Gasteiger partial charge is 0.352 e. The number of halogens is 1. The summed E-state index contributed by atoms with van der Waals surface area (Å²) in [6.07, 6.45) is 3.24. The molecular weight excluding hydrogens is 354 g/mol. The molecule has 2 rings (SSSR count). The maximum Gasteiger partial charge on any atom is 0.319 e. The van der Waals surface area contributed by atoms with Crippen molar-refractivity contribution in [2.24, 2.45) is 7.05 Å². The van der Waals surface area contributed by atoms with Crippen molar-refractivity contribution in [2.45, 2.75) is 32.7 Å². The highest BCUT2D eigenvalue weighted by atomic mass is 35.5. The number of amides is 3. The maximum absolute atomic E-state index is 12.4. The summed E-state index contributed by atoms with van der Waals surface area (Å²) >= 11 is 6.16. The Kier molecular flexibility index (Phi) is 7.03. The van der Waals surface area contributed by atoms with Crippen molar-refractivity contribution in [3.8, 4) is 0 Å². The van der Waals surface area contributed by atoms with Crippen LogP contribution in [0.1, 0.15) is 48.8 Å². The van der Waals surface area contributed by atoms with Gasteiger partial charge in [-0.1, -0.05) is 25.4 Å². The Morgan fingerprint density at radius 3 is 2.65 bits per heavy atom. The zero-order chi connectivity index (χ0) is 19.1. The van der Waals surface area contributed by atoms with Gasteiger partial charge >= 0.3 is 6.03 Å². The first-order valence-corrected chi connectivity index (χ1v) is 8.97. The molecule has 0 saturated carbocycles. The zero-order valence-electron chi connectivity index (χ0n) is 15.2. The minimum atomic E-state index is -0.397. The van der Waals surface area contributed by atoms with Crippen molar-refractivity contribution < 1.29 is 9.59 Å². The number of urea groups is 1. The normalized spacial score (nSPS) is 11.7. The topological polar surface area (TPSA) is 88.1 Å². The smallest absolute Gasteiger partial charge is 0.319 e. The number of nitrogens with one attached hydrogen (secondary N) is 3. The Bertz CT molecular complexity index is 775. The fourth-order valence-electron chi connectivity index (χ4n) is 2.53. The van der Waals surface area contributed by atoms with Crippen LogP contribution in [0.2, 0.25) is 5.02 Å². The van der Waals surface area contributed by atoms with Gasteiger partial charge in [-0.05, 0) is 37.1 Å². The molecule has 0 radical (unpaired) electrons. The van der Waals surface area contributed by atoms with E-state index < -0.39 is 6.03 Å². The Hall–Kier alpha value is -2.54. The van der Waals surface area contributed by atoms with E-state index in [0.717, 1.165) is 12.1 Å². The Labute approximate surface area is 158 Å². The molecule has 1 aromatic carbocycles. The van der Waals surface area contributed by atoms with Gasteiger partial charge in [0, 0.05) is 25.4 Å². The summed E-state index contributed by atoms with van der Waals surface area (Å²) in [7, 11) is 1.83. The maximum atomic E-state index is 12.4. The van der Waals surface area contributed by atoms with Crippen molar-refractivity contribution in [2.75, 3.05) is 11.9 Å². The lowest BCUT2D eigenvalue weighted by Crippen LogP contribution is -2.33.